The van der Waals surface area contributed by atoms with Crippen LogP contribution in [0.1, 0.15) is 29.1 Å². The Morgan fingerprint density at radius 3 is 3.12 bits per heavy atom. The Balaban J connectivity index is 0.00000144. The van der Waals surface area contributed by atoms with Crippen molar-refractivity contribution in [3.8, 4) is 0 Å². The van der Waals surface area contributed by atoms with Crippen LogP contribution in [0.15, 0.2) is 10.6 Å². The van der Waals surface area contributed by atoms with E-state index >= 15 is 0 Å². The molecule has 0 aromatic carbocycles. The molecular weight excluding hydrogens is 242 g/mol. The van der Waals surface area contributed by atoms with Crippen LogP contribution in [0.3, 0.4) is 0 Å². The van der Waals surface area contributed by atoms with E-state index in [4.69, 9.17) is 4.52 Å². The zero-order valence-electron chi connectivity index (χ0n) is 9.86. The monoisotopic (exact) mass is 259 g/mol. The van der Waals surface area contributed by atoms with E-state index in [9.17, 15) is 4.79 Å². The van der Waals surface area contributed by atoms with Crippen molar-refractivity contribution in [2.45, 2.75) is 19.8 Å². The number of rotatable bonds is 3. The van der Waals surface area contributed by atoms with Gasteiger partial charge in [0.2, 0.25) is 5.76 Å². The molecule has 17 heavy (non-hydrogen) atoms. The first-order valence-electron chi connectivity index (χ1n) is 5.68. The van der Waals surface area contributed by atoms with Crippen molar-refractivity contribution in [3.63, 3.8) is 0 Å². The number of aromatic nitrogens is 1. The summed E-state index contributed by atoms with van der Waals surface area (Å²) in [6.45, 7) is 4.57. The molecule has 5 nitrogen and oxygen atoms in total. The lowest BCUT2D eigenvalue weighted by Crippen LogP contribution is -2.38. The van der Waals surface area contributed by atoms with Gasteiger partial charge in [-0.2, -0.15) is 0 Å². The van der Waals surface area contributed by atoms with Crippen molar-refractivity contribution in [2.75, 3.05) is 19.6 Å². The van der Waals surface area contributed by atoms with E-state index < -0.39 is 0 Å². The topological polar surface area (TPSA) is 67.2 Å². The van der Waals surface area contributed by atoms with Crippen molar-refractivity contribution in [2.24, 2.45) is 5.92 Å². The smallest absolute Gasteiger partial charge is 0.289 e. The summed E-state index contributed by atoms with van der Waals surface area (Å²) in [7, 11) is 0. The number of carbonyl (C=O) groups excluding carboxylic acids is 1. The highest BCUT2D eigenvalue weighted by atomic mass is 35.5. The fraction of sp³-hybridized carbons (Fsp3) is 0.636. The van der Waals surface area contributed by atoms with Crippen molar-refractivity contribution in [1.82, 2.24) is 15.8 Å². The first kappa shape index (κ1) is 14.0. The molecule has 0 spiro atoms. The van der Waals surface area contributed by atoms with Gasteiger partial charge in [-0.05, 0) is 38.8 Å². The average molecular weight is 260 g/mol. The molecule has 2 rings (SSSR count). The molecule has 1 aromatic heterocycles. The summed E-state index contributed by atoms with van der Waals surface area (Å²) in [4.78, 5) is 11.6. The van der Waals surface area contributed by atoms with Gasteiger partial charge in [-0.15, -0.1) is 12.4 Å². The van der Waals surface area contributed by atoms with E-state index in [2.05, 4.69) is 15.8 Å². The van der Waals surface area contributed by atoms with Crippen molar-refractivity contribution in [1.29, 1.82) is 0 Å². The standard InChI is InChI=1S/C11H17N3O2.ClH/c1-8-5-10(16-14-8)11(15)13-7-9-3-2-4-12-6-9;/h5,9,12H,2-4,6-7H2,1H3,(H,13,15);1H. The minimum Gasteiger partial charge on any atom is -0.351 e. The molecule has 1 aromatic rings. The Morgan fingerprint density at radius 1 is 1.71 bits per heavy atom. The molecule has 1 aliphatic heterocycles. The molecule has 0 aliphatic carbocycles. The van der Waals surface area contributed by atoms with Gasteiger partial charge in [-0.25, -0.2) is 0 Å². The normalized spacial score (nSPS) is 19.5. The first-order chi connectivity index (χ1) is 7.75. The van der Waals surface area contributed by atoms with E-state index in [1.165, 1.54) is 12.8 Å². The Morgan fingerprint density at radius 2 is 2.53 bits per heavy atom. The Labute approximate surface area is 107 Å². The number of aryl methyl sites for hydroxylation is 1. The van der Waals surface area contributed by atoms with Gasteiger partial charge in [0, 0.05) is 12.6 Å². The quantitative estimate of drug-likeness (QED) is 0.854. The molecule has 96 valence electrons. The second-order valence-electron chi connectivity index (χ2n) is 4.25. The summed E-state index contributed by atoms with van der Waals surface area (Å²) in [5.74, 6) is 0.647. The number of hydrogen-bond donors (Lipinski definition) is 2. The van der Waals surface area contributed by atoms with E-state index in [0.29, 0.717) is 18.2 Å². The van der Waals surface area contributed by atoms with Crippen LogP contribution in [0.5, 0.6) is 0 Å². The van der Waals surface area contributed by atoms with E-state index in [1.807, 2.05) is 0 Å². The highest BCUT2D eigenvalue weighted by Crippen LogP contribution is 2.09. The SMILES string of the molecule is Cc1cc(C(=O)NCC2CCCNC2)on1.Cl. The number of carbonyl (C=O) groups is 1. The third kappa shape index (κ3) is 4.02. The summed E-state index contributed by atoms with van der Waals surface area (Å²) >= 11 is 0. The number of amides is 1. The van der Waals surface area contributed by atoms with Gasteiger partial charge >= 0.3 is 0 Å². The van der Waals surface area contributed by atoms with Crippen molar-refractivity contribution >= 4 is 18.3 Å². The molecule has 1 amide bonds. The first-order valence-corrected chi connectivity index (χ1v) is 5.68. The predicted octanol–water partition coefficient (Wildman–Crippen LogP) is 1.13. The Hall–Kier alpha value is -1.07. The van der Waals surface area contributed by atoms with Gasteiger partial charge in [0.05, 0.1) is 5.69 Å². The zero-order chi connectivity index (χ0) is 11.4. The molecule has 1 aliphatic rings. The molecule has 6 heteroatoms. The van der Waals surface area contributed by atoms with Gasteiger partial charge in [0.15, 0.2) is 0 Å². The van der Waals surface area contributed by atoms with Crippen molar-refractivity contribution < 1.29 is 9.32 Å². The maximum Gasteiger partial charge on any atom is 0.289 e. The van der Waals surface area contributed by atoms with E-state index in [-0.39, 0.29) is 18.3 Å². The molecule has 1 unspecified atom stereocenters. The maximum absolute atomic E-state index is 11.6. The lowest BCUT2D eigenvalue weighted by Gasteiger charge is -2.22. The third-order valence-corrected chi connectivity index (χ3v) is 2.80. The Bertz CT molecular complexity index is 361. The van der Waals surface area contributed by atoms with E-state index in [1.54, 1.807) is 13.0 Å². The molecule has 2 N–H and O–H groups in total. The molecule has 0 radical (unpaired) electrons. The van der Waals surface area contributed by atoms with Crippen LogP contribution in [-0.2, 0) is 0 Å². The van der Waals surface area contributed by atoms with Crippen LogP contribution in [0.25, 0.3) is 0 Å². The average Bonchev–Trinajstić information content (AvgIpc) is 2.74. The van der Waals surface area contributed by atoms with Crippen LogP contribution in [-0.4, -0.2) is 30.7 Å². The maximum atomic E-state index is 11.6. The number of hydrogen-bond acceptors (Lipinski definition) is 4. The van der Waals surface area contributed by atoms with Crippen LogP contribution in [0.2, 0.25) is 0 Å². The number of nitrogens with one attached hydrogen (secondary N) is 2. The Kier molecular flexibility index (Phi) is 5.44. The summed E-state index contributed by atoms with van der Waals surface area (Å²) < 4.78 is 4.89. The largest absolute Gasteiger partial charge is 0.351 e. The highest BCUT2D eigenvalue weighted by molar-refractivity contribution is 5.91. The fourth-order valence-corrected chi connectivity index (χ4v) is 1.89. The summed E-state index contributed by atoms with van der Waals surface area (Å²) in [6.07, 6.45) is 2.35. The molecule has 0 bridgehead atoms. The molecule has 1 atom stereocenters. The fourth-order valence-electron chi connectivity index (χ4n) is 1.89. The number of piperidine rings is 1. The summed E-state index contributed by atoms with van der Waals surface area (Å²) in [5.41, 5.74) is 0.726. The highest BCUT2D eigenvalue weighted by Gasteiger charge is 2.16. The lowest BCUT2D eigenvalue weighted by molar-refractivity contribution is 0.0908. The van der Waals surface area contributed by atoms with Gasteiger partial charge < -0.3 is 15.2 Å². The molecule has 1 fully saturated rings. The zero-order valence-corrected chi connectivity index (χ0v) is 10.7. The van der Waals surface area contributed by atoms with Gasteiger partial charge in [0.25, 0.3) is 5.91 Å². The molecule has 2 heterocycles. The molecule has 1 saturated heterocycles. The molecular formula is C11H18ClN3O2. The number of nitrogens with zero attached hydrogens (tertiary/aromatic N) is 1. The van der Waals surface area contributed by atoms with Crippen LogP contribution < -0.4 is 10.6 Å². The lowest BCUT2D eigenvalue weighted by atomic mass is 10.00. The van der Waals surface area contributed by atoms with Gasteiger partial charge in [-0.3, -0.25) is 4.79 Å². The van der Waals surface area contributed by atoms with Gasteiger partial charge in [0.1, 0.15) is 0 Å². The second kappa shape index (κ2) is 6.61. The molecule has 0 saturated carbocycles. The number of halogens is 1. The van der Waals surface area contributed by atoms with Crippen molar-refractivity contribution in [3.05, 3.63) is 17.5 Å². The van der Waals surface area contributed by atoms with Gasteiger partial charge in [-0.1, -0.05) is 5.16 Å². The third-order valence-electron chi connectivity index (χ3n) is 2.80. The summed E-state index contributed by atoms with van der Waals surface area (Å²) in [5, 5.41) is 9.87. The minimum absolute atomic E-state index is 0. The summed E-state index contributed by atoms with van der Waals surface area (Å²) in [6, 6.07) is 1.65. The van der Waals surface area contributed by atoms with Crippen LogP contribution in [0, 0.1) is 12.8 Å². The van der Waals surface area contributed by atoms with E-state index in [0.717, 1.165) is 18.8 Å². The predicted molar refractivity (Wildman–Crippen MR) is 66.4 cm³/mol. The minimum atomic E-state index is -0.175. The second-order valence-corrected chi connectivity index (χ2v) is 4.25. The van der Waals surface area contributed by atoms with Crippen LogP contribution >= 0.6 is 12.4 Å². The van der Waals surface area contributed by atoms with Crippen LogP contribution in [0.4, 0.5) is 0 Å².